The summed E-state index contributed by atoms with van der Waals surface area (Å²) in [7, 11) is 0. The maximum Gasteiger partial charge on any atom is 0.321 e. The van der Waals surface area contributed by atoms with E-state index in [1.165, 1.54) is 24.8 Å². The maximum absolute atomic E-state index is 12.3. The Hall–Kier alpha value is -1.07. The number of unbranched alkanes of at least 4 members (excludes halogenated alkanes) is 2. The van der Waals surface area contributed by atoms with Gasteiger partial charge in [0.15, 0.2) is 0 Å². The molecule has 4 nitrogen and oxygen atoms in total. The number of hydrogen-bond donors (Lipinski definition) is 1. The SMILES string of the molecule is CCCCCN1CCN(C(=O)Nc2ccc(C)cc2Br)CC1. The molecule has 2 rings (SSSR count). The molecule has 0 bridgehead atoms. The van der Waals surface area contributed by atoms with Crippen LogP contribution in [-0.2, 0) is 0 Å². The van der Waals surface area contributed by atoms with Gasteiger partial charge in [-0.05, 0) is 53.5 Å². The summed E-state index contributed by atoms with van der Waals surface area (Å²) in [4.78, 5) is 16.7. The van der Waals surface area contributed by atoms with Gasteiger partial charge in [-0.1, -0.05) is 25.8 Å². The minimum atomic E-state index is -0.00207. The van der Waals surface area contributed by atoms with Crippen LogP contribution in [0.4, 0.5) is 10.5 Å². The van der Waals surface area contributed by atoms with Crippen molar-refractivity contribution in [3.63, 3.8) is 0 Å². The molecular weight excluding hydrogens is 342 g/mol. The second-order valence-electron chi connectivity index (χ2n) is 5.95. The molecule has 1 aromatic rings. The van der Waals surface area contributed by atoms with Crippen molar-refractivity contribution >= 4 is 27.6 Å². The number of benzene rings is 1. The van der Waals surface area contributed by atoms with Crippen molar-refractivity contribution < 1.29 is 4.79 Å². The maximum atomic E-state index is 12.3. The highest BCUT2D eigenvalue weighted by Gasteiger charge is 2.21. The Bertz CT molecular complexity index is 499. The molecule has 1 aliphatic rings. The van der Waals surface area contributed by atoms with Crippen molar-refractivity contribution in [3.8, 4) is 0 Å². The fourth-order valence-corrected chi connectivity index (χ4v) is 3.27. The van der Waals surface area contributed by atoms with Gasteiger partial charge in [0.05, 0.1) is 5.69 Å². The van der Waals surface area contributed by atoms with E-state index in [-0.39, 0.29) is 6.03 Å². The van der Waals surface area contributed by atoms with E-state index < -0.39 is 0 Å². The Morgan fingerprint density at radius 1 is 1.23 bits per heavy atom. The first-order valence-electron chi connectivity index (χ1n) is 8.14. The number of amides is 2. The van der Waals surface area contributed by atoms with E-state index in [0.717, 1.165) is 42.9 Å². The molecule has 2 amide bonds. The Kier molecular flexibility index (Phi) is 6.70. The lowest BCUT2D eigenvalue weighted by atomic mass is 10.2. The van der Waals surface area contributed by atoms with Crippen molar-refractivity contribution in [3.05, 3.63) is 28.2 Å². The molecule has 1 aromatic carbocycles. The van der Waals surface area contributed by atoms with Crippen molar-refractivity contribution in [2.24, 2.45) is 0 Å². The van der Waals surface area contributed by atoms with Crippen LogP contribution in [0.2, 0.25) is 0 Å². The molecule has 0 spiro atoms. The Balaban J connectivity index is 1.80. The third-order valence-electron chi connectivity index (χ3n) is 4.10. The Labute approximate surface area is 142 Å². The Morgan fingerprint density at radius 2 is 1.95 bits per heavy atom. The molecule has 1 fully saturated rings. The van der Waals surface area contributed by atoms with Gasteiger partial charge in [-0.25, -0.2) is 4.79 Å². The van der Waals surface area contributed by atoms with Gasteiger partial charge < -0.3 is 10.2 Å². The molecule has 0 unspecified atom stereocenters. The molecule has 1 N–H and O–H groups in total. The summed E-state index contributed by atoms with van der Waals surface area (Å²) in [5.41, 5.74) is 2.01. The molecule has 1 heterocycles. The smallest absolute Gasteiger partial charge is 0.321 e. The molecular formula is C17H26BrN3O. The first kappa shape index (κ1) is 17.3. The molecule has 1 saturated heterocycles. The van der Waals surface area contributed by atoms with Crippen LogP contribution in [-0.4, -0.2) is 48.6 Å². The number of carbonyl (C=O) groups is 1. The van der Waals surface area contributed by atoms with Crippen LogP contribution in [0.1, 0.15) is 31.7 Å². The summed E-state index contributed by atoms with van der Waals surface area (Å²) in [5.74, 6) is 0. The van der Waals surface area contributed by atoms with Crippen LogP contribution in [0.3, 0.4) is 0 Å². The molecule has 5 heteroatoms. The van der Waals surface area contributed by atoms with E-state index in [9.17, 15) is 4.79 Å². The van der Waals surface area contributed by atoms with Gasteiger partial charge in [-0.2, -0.15) is 0 Å². The third kappa shape index (κ3) is 4.99. The van der Waals surface area contributed by atoms with Crippen molar-refractivity contribution in [2.75, 3.05) is 38.0 Å². The standard InChI is InChI=1S/C17H26BrN3O/c1-3-4-5-8-20-9-11-21(12-10-20)17(22)19-16-7-6-14(2)13-15(16)18/h6-7,13H,3-5,8-12H2,1-2H3,(H,19,22). The normalized spacial score (nSPS) is 15.9. The zero-order valence-corrected chi connectivity index (χ0v) is 15.2. The minimum Gasteiger partial charge on any atom is -0.322 e. The molecule has 22 heavy (non-hydrogen) atoms. The highest BCUT2D eigenvalue weighted by molar-refractivity contribution is 9.10. The monoisotopic (exact) mass is 367 g/mol. The number of piperazine rings is 1. The van der Waals surface area contributed by atoms with Crippen LogP contribution >= 0.6 is 15.9 Å². The second kappa shape index (κ2) is 8.53. The van der Waals surface area contributed by atoms with E-state index in [0.29, 0.717) is 0 Å². The summed E-state index contributed by atoms with van der Waals surface area (Å²) < 4.78 is 0.930. The van der Waals surface area contributed by atoms with Gasteiger partial charge >= 0.3 is 6.03 Å². The fourth-order valence-electron chi connectivity index (χ4n) is 2.68. The zero-order valence-electron chi connectivity index (χ0n) is 13.6. The number of halogens is 1. The third-order valence-corrected chi connectivity index (χ3v) is 4.76. The number of anilines is 1. The summed E-state index contributed by atoms with van der Waals surface area (Å²) in [6, 6.07) is 5.96. The highest BCUT2D eigenvalue weighted by Crippen LogP contribution is 2.23. The number of carbonyl (C=O) groups excluding carboxylic acids is 1. The van der Waals surface area contributed by atoms with Crippen molar-refractivity contribution in [2.45, 2.75) is 33.1 Å². The first-order valence-corrected chi connectivity index (χ1v) is 8.94. The number of hydrogen-bond acceptors (Lipinski definition) is 2. The molecule has 0 aliphatic carbocycles. The zero-order chi connectivity index (χ0) is 15.9. The predicted molar refractivity (Wildman–Crippen MR) is 95.4 cm³/mol. The lowest BCUT2D eigenvalue weighted by Crippen LogP contribution is -2.50. The van der Waals surface area contributed by atoms with Gasteiger partial charge in [0.25, 0.3) is 0 Å². The molecule has 0 radical (unpaired) electrons. The molecule has 0 aromatic heterocycles. The van der Waals surface area contributed by atoms with Gasteiger partial charge in [0.2, 0.25) is 0 Å². The van der Waals surface area contributed by atoms with E-state index in [1.54, 1.807) is 0 Å². The Morgan fingerprint density at radius 3 is 2.59 bits per heavy atom. The average molecular weight is 368 g/mol. The lowest BCUT2D eigenvalue weighted by Gasteiger charge is -2.34. The van der Waals surface area contributed by atoms with Crippen LogP contribution in [0.15, 0.2) is 22.7 Å². The van der Waals surface area contributed by atoms with Crippen LogP contribution in [0, 0.1) is 6.92 Å². The summed E-state index contributed by atoms with van der Waals surface area (Å²) in [6.07, 6.45) is 3.81. The van der Waals surface area contributed by atoms with Gasteiger partial charge in [-0.3, -0.25) is 4.90 Å². The largest absolute Gasteiger partial charge is 0.322 e. The van der Waals surface area contributed by atoms with E-state index in [1.807, 2.05) is 30.0 Å². The molecule has 0 atom stereocenters. The minimum absolute atomic E-state index is 0.00207. The molecule has 122 valence electrons. The van der Waals surface area contributed by atoms with Gasteiger partial charge in [0.1, 0.15) is 0 Å². The van der Waals surface area contributed by atoms with Crippen LogP contribution < -0.4 is 5.32 Å². The number of urea groups is 1. The molecule has 0 saturated carbocycles. The number of nitrogens with zero attached hydrogens (tertiary/aromatic N) is 2. The molecule has 1 aliphatic heterocycles. The summed E-state index contributed by atoms with van der Waals surface area (Å²) in [6.45, 7) is 8.99. The fraction of sp³-hybridized carbons (Fsp3) is 0.588. The van der Waals surface area contributed by atoms with E-state index in [4.69, 9.17) is 0 Å². The van der Waals surface area contributed by atoms with E-state index >= 15 is 0 Å². The summed E-state index contributed by atoms with van der Waals surface area (Å²) >= 11 is 3.50. The van der Waals surface area contributed by atoms with E-state index in [2.05, 4.69) is 33.1 Å². The van der Waals surface area contributed by atoms with Gasteiger partial charge in [0, 0.05) is 30.7 Å². The number of nitrogens with one attached hydrogen (secondary N) is 1. The predicted octanol–water partition coefficient (Wildman–Crippen LogP) is 4.10. The average Bonchev–Trinajstić information content (AvgIpc) is 2.51. The van der Waals surface area contributed by atoms with Crippen LogP contribution in [0.5, 0.6) is 0 Å². The highest BCUT2D eigenvalue weighted by atomic mass is 79.9. The number of aryl methyl sites for hydroxylation is 1. The quantitative estimate of drug-likeness (QED) is 0.795. The summed E-state index contributed by atoms with van der Waals surface area (Å²) in [5, 5.41) is 3.00. The first-order chi connectivity index (χ1) is 10.6. The number of rotatable bonds is 5. The lowest BCUT2D eigenvalue weighted by molar-refractivity contribution is 0.146. The van der Waals surface area contributed by atoms with Crippen molar-refractivity contribution in [1.29, 1.82) is 0 Å². The van der Waals surface area contributed by atoms with Crippen LogP contribution in [0.25, 0.3) is 0 Å². The van der Waals surface area contributed by atoms with Crippen molar-refractivity contribution in [1.82, 2.24) is 9.80 Å². The van der Waals surface area contributed by atoms with Gasteiger partial charge in [-0.15, -0.1) is 0 Å². The second-order valence-corrected chi connectivity index (χ2v) is 6.80. The topological polar surface area (TPSA) is 35.6 Å².